The number of halogens is 1. The maximum Gasteiger partial charge on any atom is 0.106 e. The summed E-state index contributed by atoms with van der Waals surface area (Å²) in [6.45, 7) is 0.641. The molecule has 1 heterocycles. The van der Waals surface area contributed by atoms with E-state index in [1.807, 2.05) is 41.9 Å². The second-order valence-electron chi connectivity index (χ2n) is 4.28. The number of hydrogen-bond acceptors (Lipinski definition) is 4. The Balaban J connectivity index is 1.84. The molecule has 0 unspecified atom stereocenters. The largest absolute Gasteiger partial charge is 0.378 e. The number of thiazole rings is 1. The summed E-state index contributed by atoms with van der Waals surface area (Å²) in [5.41, 5.74) is 5.32. The van der Waals surface area contributed by atoms with Gasteiger partial charge >= 0.3 is 0 Å². The molecule has 0 amide bonds. The lowest BCUT2D eigenvalue weighted by atomic mass is 10.1. The van der Waals surface area contributed by atoms with Crippen molar-refractivity contribution in [3.8, 4) is 6.07 Å². The summed E-state index contributed by atoms with van der Waals surface area (Å²) in [4.78, 5) is 4.35. The number of hydrogen-bond donors (Lipinski definition) is 1. The van der Waals surface area contributed by atoms with E-state index in [0.717, 1.165) is 21.5 Å². The Kier molecular flexibility index (Phi) is 3.55. The molecule has 3 rings (SSSR count). The van der Waals surface area contributed by atoms with Crippen LogP contribution in [0.15, 0.2) is 41.9 Å². The normalized spacial score (nSPS) is 10.4. The lowest BCUT2D eigenvalue weighted by molar-refractivity contribution is 1.15. The molecule has 98 valence electrons. The van der Waals surface area contributed by atoms with Gasteiger partial charge in [-0.15, -0.1) is 11.3 Å². The van der Waals surface area contributed by atoms with Crippen molar-refractivity contribution in [2.45, 2.75) is 6.54 Å². The Hall–Kier alpha value is -2.09. The van der Waals surface area contributed by atoms with Crippen molar-refractivity contribution < 1.29 is 0 Å². The van der Waals surface area contributed by atoms with Crippen molar-refractivity contribution in [2.75, 3.05) is 5.32 Å². The van der Waals surface area contributed by atoms with Crippen LogP contribution in [0.5, 0.6) is 0 Å². The van der Waals surface area contributed by atoms with E-state index in [0.29, 0.717) is 17.1 Å². The Morgan fingerprint density at radius 1 is 1.20 bits per heavy atom. The molecule has 1 N–H and O–H groups in total. The Labute approximate surface area is 125 Å². The molecule has 1 aromatic heterocycles. The molecule has 0 saturated carbocycles. The quantitative estimate of drug-likeness (QED) is 0.778. The van der Waals surface area contributed by atoms with E-state index in [9.17, 15) is 0 Å². The first-order valence-electron chi connectivity index (χ1n) is 6.02. The van der Waals surface area contributed by atoms with Crippen LogP contribution in [0.4, 0.5) is 5.69 Å². The summed E-state index contributed by atoms with van der Waals surface area (Å²) < 4.78 is 1.11. The van der Waals surface area contributed by atoms with Gasteiger partial charge in [0.05, 0.1) is 32.6 Å². The zero-order chi connectivity index (χ0) is 13.9. The van der Waals surface area contributed by atoms with Crippen LogP contribution in [-0.2, 0) is 6.54 Å². The number of aromatic nitrogens is 1. The molecule has 0 radical (unpaired) electrons. The van der Waals surface area contributed by atoms with Crippen LogP contribution in [0, 0.1) is 11.3 Å². The zero-order valence-electron chi connectivity index (χ0n) is 10.4. The summed E-state index contributed by atoms with van der Waals surface area (Å²) in [6, 6.07) is 13.4. The van der Waals surface area contributed by atoms with Gasteiger partial charge in [-0.3, -0.25) is 0 Å². The van der Waals surface area contributed by atoms with Crippen LogP contribution < -0.4 is 5.32 Å². The molecular formula is C15H10ClN3S. The number of rotatable bonds is 3. The second-order valence-corrected chi connectivity index (χ2v) is 5.58. The van der Waals surface area contributed by atoms with Crippen molar-refractivity contribution in [3.05, 3.63) is 58.1 Å². The predicted molar refractivity (Wildman–Crippen MR) is 83.1 cm³/mol. The van der Waals surface area contributed by atoms with Crippen molar-refractivity contribution in [2.24, 2.45) is 0 Å². The van der Waals surface area contributed by atoms with Crippen LogP contribution in [0.25, 0.3) is 10.2 Å². The average Bonchev–Trinajstić information content (AvgIpc) is 2.95. The van der Waals surface area contributed by atoms with E-state index in [1.165, 1.54) is 0 Å². The molecule has 0 aliphatic rings. The number of fused-ring (bicyclic) bond motifs is 1. The van der Waals surface area contributed by atoms with Gasteiger partial charge in [-0.25, -0.2) is 4.98 Å². The van der Waals surface area contributed by atoms with Gasteiger partial charge in [0.2, 0.25) is 0 Å². The number of nitrogens with one attached hydrogen (secondary N) is 1. The minimum atomic E-state index is 0.641. The van der Waals surface area contributed by atoms with Gasteiger partial charge in [0.1, 0.15) is 5.52 Å². The average molecular weight is 300 g/mol. The van der Waals surface area contributed by atoms with Gasteiger partial charge < -0.3 is 5.32 Å². The minimum absolute atomic E-state index is 0.641. The van der Waals surface area contributed by atoms with E-state index in [-0.39, 0.29) is 0 Å². The fraction of sp³-hybridized carbons (Fsp3) is 0.0667. The summed E-state index contributed by atoms with van der Waals surface area (Å²) in [5, 5.41) is 12.8. The van der Waals surface area contributed by atoms with E-state index in [4.69, 9.17) is 16.9 Å². The summed E-state index contributed by atoms with van der Waals surface area (Å²) in [7, 11) is 0. The fourth-order valence-corrected chi connectivity index (χ4v) is 2.87. The molecule has 0 saturated heterocycles. The molecule has 20 heavy (non-hydrogen) atoms. The van der Waals surface area contributed by atoms with Crippen LogP contribution >= 0.6 is 22.9 Å². The third kappa shape index (κ3) is 2.46. The third-order valence-corrected chi connectivity index (χ3v) is 4.11. The third-order valence-electron chi connectivity index (χ3n) is 3.00. The molecule has 3 aromatic rings. The molecule has 2 aromatic carbocycles. The standard InChI is InChI=1S/C15H10ClN3S/c16-12-5-6-13-15(19-9-20-13)14(12)18-8-11-3-1-10(7-17)2-4-11/h1-6,9,18H,8H2. The van der Waals surface area contributed by atoms with Gasteiger partial charge in [-0.2, -0.15) is 5.26 Å². The van der Waals surface area contributed by atoms with E-state index >= 15 is 0 Å². The number of nitrogens with zero attached hydrogens (tertiary/aromatic N) is 2. The smallest absolute Gasteiger partial charge is 0.106 e. The molecule has 0 atom stereocenters. The Morgan fingerprint density at radius 2 is 2.00 bits per heavy atom. The molecular weight excluding hydrogens is 290 g/mol. The van der Waals surface area contributed by atoms with E-state index < -0.39 is 0 Å². The molecule has 0 fully saturated rings. The van der Waals surface area contributed by atoms with E-state index in [1.54, 1.807) is 11.3 Å². The minimum Gasteiger partial charge on any atom is -0.378 e. The topological polar surface area (TPSA) is 48.7 Å². The summed E-state index contributed by atoms with van der Waals surface area (Å²) >= 11 is 7.82. The van der Waals surface area contributed by atoms with Gasteiger partial charge in [0.25, 0.3) is 0 Å². The molecule has 0 aliphatic heterocycles. The monoisotopic (exact) mass is 299 g/mol. The number of anilines is 1. The highest BCUT2D eigenvalue weighted by atomic mass is 35.5. The fourth-order valence-electron chi connectivity index (χ4n) is 1.96. The first-order valence-corrected chi connectivity index (χ1v) is 7.28. The van der Waals surface area contributed by atoms with Crippen LogP contribution in [-0.4, -0.2) is 4.98 Å². The van der Waals surface area contributed by atoms with Gasteiger partial charge in [0.15, 0.2) is 0 Å². The molecule has 0 bridgehead atoms. The lowest BCUT2D eigenvalue weighted by Crippen LogP contribution is -2.00. The Bertz CT molecular complexity index is 787. The van der Waals surface area contributed by atoms with Crippen molar-refractivity contribution in [3.63, 3.8) is 0 Å². The van der Waals surface area contributed by atoms with Gasteiger partial charge in [0, 0.05) is 6.54 Å². The van der Waals surface area contributed by atoms with Crippen LogP contribution in [0.3, 0.4) is 0 Å². The number of nitriles is 1. The van der Waals surface area contributed by atoms with Crippen LogP contribution in [0.1, 0.15) is 11.1 Å². The summed E-state index contributed by atoms with van der Waals surface area (Å²) in [6.07, 6.45) is 0. The molecule has 5 heteroatoms. The van der Waals surface area contributed by atoms with Crippen molar-refractivity contribution >= 4 is 38.8 Å². The SMILES string of the molecule is N#Cc1ccc(CNc2c(Cl)ccc3scnc23)cc1. The molecule has 0 spiro atoms. The molecule has 0 aliphatic carbocycles. The highest BCUT2D eigenvalue weighted by Crippen LogP contribution is 2.32. The lowest BCUT2D eigenvalue weighted by Gasteiger charge is -2.09. The van der Waals surface area contributed by atoms with Gasteiger partial charge in [-0.05, 0) is 29.8 Å². The Morgan fingerprint density at radius 3 is 2.75 bits per heavy atom. The number of benzene rings is 2. The second kappa shape index (κ2) is 5.49. The highest BCUT2D eigenvalue weighted by Gasteiger charge is 2.08. The zero-order valence-corrected chi connectivity index (χ0v) is 12.0. The highest BCUT2D eigenvalue weighted by molar-refractivity contribution is 7.16. The van der Waals surface area contributed by atoms with Crippen molar-refractivity contribution in [1.82, 2.24) is 4.98 Å². The van der Waals surface area contributed by atoms with E-state index in [2.05, 4.69) is 16.4 Å². The maximum absolute atomic E-state index is 8.78. The predicted octanol–water partition coefficient (Wildman–Crippen LogP) is 4.43. The van der Waals surface area contributed by atoms with Crippen molar-refractivity contribution in [1.29, 1.82) is 5.26 Å². The summed E-state index contributed by atoms with van der Waals surface area (Å²) in [5.74, 6) is 0. The first-order chi connectivity index (χ1) is 9.78. The maximum atomic E-state index is 8.78. The van der Waals surface area contributed by atoms with Crippen LogP contribution in [0.2, 0.25) is 5.02 Å². The first kappa shape index (κ1) is 12.9. The van der Waals surface area contributed by atoms with Gasteiger partial charge in [-0.1, -0.05) is 23.7 Å². The molecule has 3 nitrogen and oxygen atoms in total.